The van der Waals surface area contributed by atoms with Crippen LogP contribution < -0.4 is 0 Å². The number of nitrogens with zero attached hydrogens (tertiary/aromatic N) is 2. The van der Waals surface area contributed by atoms with E-state index >= 15 is 0 Å². The topological polar surface area (TPSA) is 81.1 Å². The fraction of sp³-hybridized carbons (Fsp3) is 0.818. The van der Waals surface area contributed by atoms with Gasteiger partial charge >= 0.3 is 5.97 Å². The molecule has 0 heterocycles. The molecule has 106 valence electrons. The largest absolute Gasteiger partial charge is 0.480 e. The summed E-state index contributed by atoms with van der Waals surface area (Å²) in [5.74, 6) is -1.22. The summed E-state index contributed by atoms with van der Waals surface area (Å²) in [6.45, 7) is 3.27. The second-order valence-electron chi connectivity index (χ2n) is 4.76. The number of alkyl halides is 1. The van der Waals surface area contributed by atoms with Gasteiger partial charge in [0.2, 0.25) is 5.91 Å². The Morgan fingerprint density at radius 2 is 1.83 bits per heavy atom. The number of rotatable bonds is 7. The van der Waals surface area contributed by atoms with Gasteiger partial charge in [-0.2, -0.15) is 0 Å². The summed E-state index contributed by atoms with van der Waals surface area (Å²) in [4.78, 5) is 25.1. The van der Waals surface area contributed by atoms with E-state index in [1.54, 1.807) is 32.8 Å². The van der Waals surface area contributed by atoms with Crippen LogP contribution in [0.15, 0.2) is 0 Å². The Balaban J connectivity index is 4.60. The van der Waals surface area contributed by atoms with Gasteiger partial charge in [0.05, 0.1) is 5.54 Å². The van der Waals surface area contributed by atoms with Crippen molar-refractivity contribution in [1.82, 2.24) is 9.80 Å². The molecule has 0 radical (unpaired) electrons. The third-order valence-electron chi connectivity index (χ3n) is 3.02. The summed E-state index contributed by atoms with van der Waals surface area (Å²) >= 11 is 3.00. The molecule has 0 aromatic rings. The Morgan fingerprint density at radius 3 is 2.17 bits per heavy atom. The predicted molar refractivity (Wildman–Crippen MR) is 71.5 cm³/mol. The van der Waals surface area contributed by atoms with E-state index in [0.717, 1.165) is 0 Å². The molecule has 18 heavy (non-hydrogen) atoms. The molecule has 1 unspecified atom stereocenters. The van der Waals surface area contributed by atoms with Gasteiger partial charge in [-0.15, -0.1) is 0 Å². The van der Waals surface area contributed by atoms with Crippen LogP contribution in [0.4, 0.5) is 0 Å². The molecular formula is C11H21BrN2O4. The zero-order valence-corrected chi connectivity index (χ0v) is 12.8. The molecule has 2 N–H and O–H groups in total. The van der Waals surface area contributed by atoms with Crippen LogP contribution in [0.1, 0.15) is 20.3 Å². The minimum absolute atomic E-state index is 0.189. The SMILES string of the molecule is CN(C)C(C)(C)C(=O)N(CO)CCC(Br)C(=O)O. The first-order valence-corrected chi connectivity index (χ1v) is 6.50. The molecule has 1 atom stereocenters. The van der Waals surface area contributed by atoms with Crippen LogP contribution in [0.2, 0.25) is 0 Å². The maximum Gasteiger partial charge on any atom is 0.317 e. The van der Waals surface area contributed by atoms with Crippen LogP contribution in [-0.4, -0.2) is 69.6 Å². The number of hydrogen-bond acceptors (Lipinski definition) is 4. The lowest BCUT2D eigenvalue weighted by molar-refractivity contribution is -0.146. The molecule has 0 saturated heterocycles. The molecule has 6 nitrogen and oxygen atoms in total. The van der Waals surface area contributed by atoms with Gasteiger partial charge in [-0.05, 0) is 34.4 Å². The van der Waals surface area contributed by atoms with Crippen molar-refractivity contribution < 1.29 is 19.8 Å². The highest BCUT2D eigenvalue weighted by Crippen LogP contribution is 2.15. The number of hydrogen-bond donors (Lipinski definition) is 2. The molecule has 0 bridgehead atoms. The van der Waals surface area contributed by atoms with Gasteiger partial charge in [0.25, 0.3) is 0 Å². The van der Waals surface area contributed by atoms with E-state index < -0.39 is 23.1 Å². The van der Waals surface area contributed by atoms with Crippen molar-refractivity contribution in [3.05, 3.63) is 0 Å². The molecule has 0 aliphatic heterocycles. The number of carboxylic acids is 1. The van der Waals surface area contributed by atoms with E-state index in [9.17, 15) is 14.7 Å². The normalized spacial score (nSPS) is 13.5. The highest BCUT2D eigenvalue weighted by atomic mass is 79.9. The first kappa shape index (κ1) is 17.3. The summed E-state index contributed by atoms with van der Waals surface area (Å²) in [5, 5.41) is 18.0. The molecule has 0 fully saturated rings. The lowest BCUT2D eigenvalue weighted by Crippen LogP contribution is -2.54. The third-order valence-corrected chi connectivity index (χ3v) is 3.87. The minimum Gasteiger partial charge on any atom is -0.480 e. The Hall–Kier alpha value is -0.660. The van der Waals surface area contributed by atoms with Crippen molar-refractivity contribution in [3.63, 3.8) is 0 Å². The molecule has 0 spiro atoms. The highest BCUT2D eigenvalue weighted by molar-refractivity contribution is 9.10. The Kier molecular flexibility index (Phi) is 6.80. The predicted octanol–water partition coefficient (Wildman–Crippen LogP) is 0.343. The van der Waals surface area contributed by atoms with Crippen LogP contribution in [0.3, 0.4) is 0 Å². The molecule has 1 amide bonds. The van der Waals surface area contributed by atoms with Crippen LogP contribution in [0.5, 0.6) is 0 Å². The molecular weight excluding hydrogens is 304 g/mol. The van der Waals surface area contributed by atoms with Gasteiger partial charge in [-0.1, -0.05) is 15.9 Å². The van der Waals surface area contributed by atoms with Crippen LogP contribution in [0.25, 0.3) is 0 Å². The number of carboxylic acid groups (broad SMARTS) is 1. The van der Waals surface area contributed by atoms with Gasteiger partial charge in [0.1, 0.15) is 11.6 Å². The third kappa shape index (κ3) is 4.55. The minimum atomic E-state index is -0.979. The van der Waals surface area contributed by atoms with Gasteiger partial charge in [0, 0.05) is 6.54 Å². The molecule has 0 aromatic heterocycles. The summed E-state index contributed by atoms with van der Waals surface area (Å²) in [5.41, 5.74) is -0.742. The number of likely N-dealkylation sites (N-methyl/N-ethyl adjacent to an activating group) is 1. The number of aliphatic hydroxyl groups is 1. The zero-order valence-electron chi connectivity index (χ0n) is 11.2. The standard InChI is InChI=1S/C11H21BrN2O4/c1-11(2,13(3)4)10(18)14(7-15)6-5-8(12)9(16)17/h8,15H,5-7H2,1-4H3,(H,16,17). The Morgan fingerprint density at radius 1 is 1.33 bits per heavy atom. The quantitative estimate of drug-likeness (QED) is 0.521. The molecule has 0 aliphatic carbocycles. The highest BCUT2D eigenvalue weighted by Gasteiger charge is 2.34. The van der Waals surface area contributed by atoms with E-state index in [-0.39, 0.29) is 18.9 Å². The van der Waals surface area contributed by atoms with E-state index in [0.29, 0.717) is 0 Å². The summed E-state index contributed by atoms with van der Waals surface area (Å²) in [6.07, 6.45) is 0.241. The lowest BCUT2D eigenvalue weighted by Gasteiger charge is -2.35. The number of amides is 1. The fourth-order valence-electron chi connectivity index (χ4n) is 1.21. The van der Waals surface area contributed by atoms with E-state index in [1.807, 2.05) is 0 Å². The van der Waals surface area contributed by atoms with E-state index in [1.165, 1.54) is 4.90 Å². The smallest absolute Gasteiger partial charge is 0.317 e. The van der Waals surface area contributed by atoms with Gasteiger partial charge in [-0.25, -0.2) is 0 Å². The van der Waals surface area contributed by atoms with Crippen molar-refractivity contribution in [2.75, 3.05) is 27.4 Å². The maximum absolute atomic E-state index is 12.2. The monoisotopic (exact) mass is 324 g/mol. The van der Waals surface area contributed by atoms with Crippen molar-refractivity contribution in [1.29, 1.82) is 0 Å². The van der Waals surface area contributed by atoms with Crippen molar-refractivity contribution in [2.24, 2.45) is 0 Å². The summed E-state index contributed by atoms with van der Waals surface area (Å²) < 4.78 is 0. The zero-order chi connectivity index (χ0) is 14.5. The van der Waals surface area contributed by atoms with Gasteiger partial charge < -0.3 is 15.1 Å². The maximum atomic E-state index is 12.2. The van der Waals surface area contributed by atoms with Crippen molar-refractivity contribution in [3.8, 4) is 0 Å². The molecule has 0 rings (SSSR count). The molecule has 0 saturated carbocycles. The van der Waals surface area contributed by atoms with Crippen LogP contribution in [0, 0.1) is 0 Å². The fourth-order valence-corrected chi connectivity index (χ4v) is 1.41. The lowest BCUT2D eigenvalue weighted by atomic mass is 10.0. The number of carbonyl (C=O) groups excluding carboxylic acids is 1. The molecule has 0 aliphatic rings. The average Bonchev–Trinajstić information content (AvgIpc) is 2.28. The van der Waals surface area contributed by atoms with Gasteiger partial charge in [0.15, 0.2) is 0 Å². The Labute approximate surface area is 116 Å². The van der Waals surface area contributed by atoms with E-state index in [4.69, 9.17) is 5.11 Å². The van der Waals surface area contributed by atoms with E-state index in [2.05, 4.69) is 15.9 Å². The number of halogens is 1. The molecule has 7 heteroatoms. The number of carbonyl (C=O) groups is 2. The average molecular weight is 325 g/mol. The van der Waals surface area contributed by atoms with Crippen LogP contribution in [-0.2, 0) is 9.59 Å². The van der Waals surface area contributed by atoms with Gasteiger partial charge in [-0.3, -0.25) is 14.5 Å². The first-order chi connectivity index (χ1) is 8.14. The van der Waals surface area contributed by atoms with Crippen molar-refractivity contribution in [2.45, 2.75) is 30.6 Å². The Bertz CT molecular complexity index is 307. The molecule has 0 aromatic carbocycles. The number of aliphatic hydroxyl groups excluding tert-OH is 1. The second kappa shape index (κ2) is 7.06. The van der Waals surface area contributed by atoms with Crippen LogP contribution >= 0.6 is 15.9 Å². The summed E-state index contributed by atoms with van der Waals surface area (Å²) in [7, 11) is 3.55. The van der Waals surface area contributed by atoms with Crippen molar-refractivity contribution >= 4 is 27.8 Å². The number of aliphatic carboxylic acids is 1. The first-order valence-electron chi connectivity index (χ1n) is 5.59. The second-order valence-corrected chi connectivity index (χ2v) is 5.86. The summed E-state index contributed by atoms with van der Waals surface area (Å²) in [6, 6.07) is 0.